The maximum Gasteiger partial charge on any atom is 0.307 e. The van der Waals surface area contributed by atoms with Gasteiger partial charge >= 0.3 is 5.97 Å². The molecule has 4 rings (SSSR count). The molecule has 0 bridgehead atoms. The fraction of sp³-hybridized carbons (Fsp3) is 0.258. The Morgan fingerprint density at radius 2 is 1.52 bits per heavy atom. The average molecular weight is 564 g/mol. The zero-order chi connectivity index (χ0) is 29.4. The summed E-state index contributed by atoms with van der Waals surface area (Å²) in [5.74, 6) is -2.71. The van der Waals surface area contributed by atoms with Crippen LogP contribution in [0.1, 0.15) is 49.1 Å². The number of carboxylic acid groups (broad SMARTS) is 1. The molecule has 1 saturated heterocycles. The highest BCUT2D eigenvalue weighted by Gasteiger charge is 2.47. The van der Waals surface area contributed by atoms with Crippen molar-refractivity contribution >= 4 is 40.7 Å². The minimum absolute atomic E-state index is 0.131. The number of aliphatic hydroxyl groups excluding tert-OH is 1. The van der Waals surface area contributed by atoms with Crippen LogP contribution in [-0.4, -0.2) is 42.1 Å². The Labute approximate surface area is 237 Å². The summed E-state index contributed by atoms with van der Waals surface area (Å²) in [7, 11) is 2.82. The quantitative estimate of drug-likeness (QED) is 0.209. The number of benzene rings is 3. The lowest BCUT2D eigenvalue weighted by molar-refractivity contribution is -0.136. The minimum atomic E-state index is -0.987. The number of carbonyl (C=O) groups excluding carboxylic acids is 2. The number of methoxy groups -OCH3 is 2. The molecule has 1 amide bonds. The van der Waals surface area contributed by atoms with Gasteiger partial charge in [-0.05, 0) is 40.3 Å². The molecule has 1 atom stereocenters. The van der Waals surface area contributed by atoms with E-state index < -0.39 is 29.5 Å². The van der Waals surface area contributed by atoms with Crippen LogP contribution in [0.5, 0.6) is 11.5 Å². The molecule has 2 N–H and O–H groups in total. The number of amides is 1. The van der Waals surface area contributed by atoms with Crippen molar-refractivity contribution in [2.24, 2.45) is 0 Å². The van der Waals surface area contributed by atoms with Crippen LogP contribution in [0.3, 0.4) is 0 Å². The lowest BCUT2D eigenvalue weighted by Gasteiger charge is -2.27. The standard InChI is InChI=1S/C31H30ClNO7/c1-31(2,3)19-10-8-18(9-11-19)27-26(28(36)21-15-24(40-5)22(32)16-23(21)39-4)29(37)30(38)33(27)20-12-6-17(7-13-20)14-25(34)35/h6-13,15-16,27,36H,14H2,1-5H3,(H,34,35)/b28-26+. The van der Waals surface area contributed by atoms with E-state index >= 15 is 0 Å². The van der Waals surface area contributed by atoms with Crippen LogP contribution in [0.15, 0.2) is 66.2 Å². The van der Waals surface area contributed by atoms with Gasteiger partial charge < -0.3 is 19.7 Å². The number of anilines is 1. The molecule has 0 saturated carbocycles. The highest BCUT2D eigenvalue weighted by molar-refractivity contribution is 6.51. The van der Waals surface area contributed by atoms with Gasteiger partial charge in [-0.15, -0.1) is 0 Å². The topological polar surface area (TPSA) is 113 Å². The largest absolute Gasteiger partial charge is 0.507 e. The molecule has 208 valence electrons. The Kier molecular flexibility index (Phi) is 7.93. The van der Waals surface area contributed by atoms with Crippen LogP contribution in [0, 0.1) is 0 Å². The SMILES string of the molecule is COc1cc(/C(O)=C2\C(=O)C(=O)N(c3ccc(CC(=O)O)cc3)C2c2ccc(C(C)(C)C)cc2)c(OC)cc1Cl. The summed E-state index contributed by atoms with van der Waals surface area (Å²) in [5, 5.41) is 21.0. The summed E-state index contributed by atoms with van der Waals surface area (Å²) >= 11 is 6.25. The van der Waals surface area contributed by atoms with E-state index in [4.69, 9.17) is 26.2 Å². The predicted octanol–water partition coefficient (Wildman–Crippen LogP) is 5.91. The summed E-state index contributed by atoms with van der Waals surface area (Å²) in [5.41, 5.74) is 2.44. The van der Waals surface area contributed by atoms with E-state index in [9.17, 15) is 19.5 Å². The summed E-state index contributed by atoms with van der Waals surface area (Å²) in [4.78, 5) is 39.5. The Morgan fingerprint density at radius 3 is 2.05 bits per heavy atom. The fourth-order valence-corrected chi connectivity index (χ4v) is 4.95. The molecule has 0 spiro atoms. The maximum absolute atomic E-state index is 13.6. The Bertz CT molecular complexity index is 1500. The highest BCUT2D eigenvalue weighted by atomic mass is 35.5. The fourth-order valence-electron chi connectivity index (χ4n) is 4.72. The van der Waals surface area contributed by atoms with E-state index in [2.05, 4.69) is 20.8 Å². The van der Waals surface area contributed by atoms with Gasteiger partial charge in [-0.2, -0.15) is 0 Å². The first-order chi connectivity index (χ1) is 18.9. The second kappa shape index (κ2) is 11.1. The van der Waals surface area contributed by atoms with E-state index in [-0.39, 0.29) is 39.5 Å². The molecule has 40 heavy (non-hydrogen) atoms. The van der Waals surface area contributed by atoms with Gasteiger partial charge in [-0.1, -0.05) is 68.8 Å². The van der Waals surface area contributed by atoms with Crippen LogP contribution in [0.2, 0.25) is 5.02 Å². The van der Waals surface area contributed by atoms with Crippen LogP contribution < -0.4 is 14.4 Å². The van der Waals surface area contributed by atoms with E-state index in [1.54, 1.807) is 24.3 Å². The van der Waals surface area contributed by atoms with Crippen molar-refractivity contribution < 1.29 is 34.1 Å². The zero-order valence-corrected chi connectivity index (χ0v) is 23.6. The molecule has 1 aliphatic heterocycles. The number of aliphatic carboxylic acids is 1. The lowest BCUT2D eigenvalue weighted by atomic mass is 9.85. The third-order valence-electron chi connectivity index (χ3n) is 6.84. The molecule has 1 heterocycles. The van der Waals surface area contributed by atoms with Crippen molar-refractivity contribution in [3.05, 3.63) is 93.5 Å². The van der Waals surface area contributed by atoms with Gasteiger partial charge in [-0.3, -0.25) is 19.3 Å². The van der Waals surface area contributed by atoms with Gasteiger partial charge in [0.25, 0.3) is 11.7 Å². The maximum atomic E-state index is 13.6. The number of nitrogens with zero attached hydrogens (tertiary/aromatic N) is 1. The third kappa shape index (κ3) is 5.40. The number of hydrogen-bond acceptors (Lipinski definition) is 6. The summed E-state index contributed by atoms with van der Waals surface area (Å²) in [6.07, 6.45) is -0.186. The van der Waals surface area contributed by atoms with Crippen molar-refractivity contribution in [3.8, 4) is 11.5 Å². The average Bonchev–Trinajstić information content (AvgIpc) is 3.17. The first-order valence-corrected chi connectivity index (χ1v) is 12.9. The number of ether oxygens (including phenoxy) is 2. The predicted molar refractivity (Wildman–Crippen MR) is 152 cm³/mol. The van der Waals surface area contributed by atoms with Gasteiger partial charge in [-0.25, -0.2) is 0 Å². The molecule has 0 radical (unpaired) electrons. The molecule has 3 aromatic rings. The van der Waals surface area contributed by atoms with Gasteiger partial charge in [0.2, 0.25) is 0 Å². The number of carboxylic acids is 1. The molecule has 0 aliphatic carbocycles. The Morgan fingerprint density at radius 1 is 0.925 bits per heavy atom. The monoisotopic (exact) mass is 563 g/mol. The number of halogens is 1. The molecule has 9 heteroatoms. The van der Waals surface area contributed by atoms with Gasteiger partial charge in [0.05, 0.1) is 42.8 Å². The van der Waals surface area contributed by atoms with Gasteiger partial charge in [0, 0.05) is 11.8 Å². The second-order valence-corrected chi connectivity index (χ2v) is 10.9. The number of carbonyl (C=O) groups is 3. The van der Waals surface area contributed by atoms with Crippen LogP contribution in [0.25, 0.3) is 5.76 Å². The van der Waals surface area contributed by atoms with E-state index in [0.29, 0.717) is 16.8 Å². The Balaban J connectivity index is 1.94. The lowest BCUT2D eigenvalue weighted by Crippen LogP contribution is -2.29. The molecular weight excluding hydrogens is 534 g/mol. The number of ketones is 1. The normalized spacial score (nSPS) is 16.8. The molecule has 1 fully saturated rings. The van der Waals surface area contributed by atoms with Crippen molar-refractivity contribution in [2.45, 2.75) is 38.6 Å². The molecule has 1 aliphatic rings. The van der Waals surface area contributed by atoms with Gasteiger partial charge in [0.1, 0.15) is 17.3 Å². The summed E-state index contributed by atoms with van der Waals surface area (Å²) in [6, 6.07) is 15.8. The van der Waals surface area contributed by atoms with Crippen molar-refractivity contribution in [1.29, 1.82) is 0 Å². The van der Waals surface area contributed by atoms with Crippen LogP contribution in [0.4, 0.5) is 5.69 Å². The number of rotatable bonds is 7. The molecule has 8 nitrogen and oxygen atoms in total. The zero-order valence-electron chi connectivity index (χ0n) is 22.8. The number of Topliss-reactive ketones (excluding diaryl/α,β-unsaturated/α-hetero) is 1. The molecular formula is C31H30ClNO7. The third-order valence-corrected chi connectivity index (χ3v) is 7.13. The first-order valence-electron chi connectivity index (χ1n) is 12.5. The smallest absolute Gasteiger partial charge is 0.307 e. The first kappa shape index (κ1) is 28.7. The van der Waals surface area contributed by atoms with E-state index in [1.807, 2.05) is 24.3 Å². The molecule has 0 aromatic heterocycles. The van der Waals surface area contributed by atoms with Crippen molar-refractivity contribution in [3.63, 3.8) is 0 Å². The van der Waals surface area contributed by atoms with Gasteiger partial charge in [0.15, 0.2) is 0 Å². The molecule has 1 unspecified atom stereocenters. The number of hydrogen-bond donors (Lipinski definition) is 2. The Hall–Kier alpha value is -4.30. The molecule has 3 aromatic carbocycles. The van der Waals surface area contributed by atoms with E-state index in [0.717, 1.165) is 5.56 Å². The van der Waals surface area contributed by atoms with Crippen LogP contribution >= 0.6 is 11.6 Å². The summed E-state index contributed by atoms with van der Waals surface area (Å²) < 4.78 is 10.7. The van der Waals surface area contributed by atoms with Crippen LogP contribution in [-0.2, 0) is 26.2 Å². The summed E-state index contributed by atoms with van der Waals surface area (Å²) in [6.45, 7) is 6.23. The number of aliphatic hydroxyl groups is 1. The highest BCUT2D eigenvalue weighted by Crippen LogP contribution is 2.45. The van der Waals surface area contributed by atoms with Crippen molar-refractivity contribution in [1.82, 2.24) is 0 Å². The van der Waals surface area contributed by atoms with Crippen molar-refractivity contribution in [2.75, 3.05) is 19.1 Å². The van der Waals surface area contributed by atoms with E-state index in [1.165, 1.54) is 31.3 Å². The minimum Gasteiger partial charge on any atom is -0.507 e. The second-order valence-electron chi connectivity index (χ2n) is 10.5.